The molecule has 26 heavy (non-hydrogen) atoms. The molecule has 0 saturated carbocycles. The number of rotatable bonds is 4. The summed E-state index contributed by atoms with van der Waals surface area (Å²) in [4.78, 5) is 15.4. The highest BCUT2D eigenvalue weighted by atomic mass is 35.5. The summed E-state index contributed by atoms with van der Waals surface area (Å²) in [5.74, 6) is 0.723. The average molecular weight is 398 g/mol. The van der Waals surface area contributed by atoms with Gasteiger partial charge in [-0.3, -0.25) is 15.0 Å². The van der Waals surface area contributed by atoms with Gasteiger partial charge in [-0.25, -0.2) is 13.4 Å². The number of benzene rings is 1. The van der Waals surface area contributed by atoms with Crippen molar-refractivity contribution < 1.29 is 18.3 Å². The van der Waals surface area contributed by atoms with Crippen molar-refractivity contribution in [1.82, 2.24) is 4.31 Å². The molecule has 0 amide bonds. The number of pyridine rings is 1. The fourth-order valence-corrected chi connectivity index (χ4v) is 4.44. The van der Waals surface area contributed by atoms with Crippen molar-refractivity contribution in [2.24, 2.45) is 0 Å². The van der Waals surface area contributed by atoms with Gasteiger partial charge in [-0.1, -0.05) is 11.6 Å². The summed E-state index contributed by atoms with van der Waals surface area (Å²) in [5, 5.41) is 11.2. The molecule has 0 radical (unpaired) electrons. The fourth-order valence-electron chi connectivity index (χ4n) is 2.85. The van der Waals surface area contributed by atoms with Gasteiger partial charge in [0, 0.05) is 23.7 Å². The van der Waals surface area contributed by atoms with E-state index in [1.807, 2.05) is 4.90 Å². The molecule has 0 bridgehead atoms. The van der Waals surface area contributed by atoms with Gasteiger partial charge in [-0.2, -0.15) is 4.31 Å². The van der Waals surface area contributed by atoms with Gasteiger partial charge in [0.25, 0.3) is 5.82 Å². The minimum absolute atomic E-state index is 0.0180. The summed E-state index contributed by atoms with van der Waals surface area (Å²) in [5.41, 5.74) is -0.0180. The fraction of sp³-hybridized carbons (Fsp3) is 0.312. The number of sulfonamides is 1. The summed E-state index contributed by atoms with van der Waals surface area (Å²) in [6.07, 6.45) is 1.99. The molecule has 0 spiro atoms. The minimum atomic E-state index is -3.58. The molecular formula is C16H18ClN4O4S+. The molecule has 2 heterocycles. The highest BCUT2D eigenvalue weighted by Crippen LogP contribution is 2.21. The summed E-state index contributed by atoms with van der Waals surface area (Å²) in [6.45, 7) is 1.88. The van der Waals surface area contributed by atoms with Gasteiger partial charge in [0.05, 0.1) is 29.5 Å². The highest BCUT2D eigenvalue weighted by Gasteiger charge is 2.29. The smallest absolute Gasteiger partial charge is 0.260 e. The van der Waals surface area contributed by atoms with Gasteiger partial charge >= 0.3 is 5.69 Å². The maximum atomic E-state index is 12.8. The van der Waals surface area contributed by atoms with Crippen LogP contribution in [0.2, 0.25) is 5.02 Å². The first kappa shape index (κ1) is 18.6. The summed E-state index contributed by atoms with van der Waals surface area (Å²) >= 11 is 5.83. The predicted octanol–water partition coefficient (Wildman–Crippen LogP) is 1.96. The Hall–Kier alpha value is -2.23. The first-order chi connectivity index (χ1) is 12.4. The zero-order chi connectivity index (χ0) is 18.7. The van der Waals surface area contributed by atoms with Crippen LogP contribution in [0.5, 0.6) is 0 Å². The lowest BCUT2D eigenvalue weighted by Crippen LogP contribution is -2.36. The lowest BCUT2D eigenvalue weighted by atomic mass is 10.3. The Morgan fingerprint density at radius 1 is 1.04 bits per heavy atom. The van der Waals surface area contributed by atoms with Crippen LogP contribution in [0.3, 0.4) is 0 Å². The molecule has 1 fully saturated rings. The van der Waals surface area contributed by atoms with Crippen molar-refractivity contribution in [1.29, 1.82) is 0 Å². The Morgan fingerprint density at radius 2 is 1.77 bits per heavy atom. The van der Waals surface area contributed by atoms with Gasteiger partial charge in [-0.05, 0) is 30.7 Å². The van der Waals surface area contributed by atoms with E-state index >= 15 is 0 Å². The van der Waals surface area contributed by atoms with Gasteiger partial charge in [0.2, 0.25) is 10.0 Å². The van der Waals surface area contributed by atoms with Gasteiger partial charge in [-0.15, -0.1) is 0 Å². The Labute approximate surface area is 156 Å². The van der Waals surface area contributed by atoms with E-state index in [9.17, 15) is 18.5 Å². The van der Waals surface area contributed by atoms with E-state index in [4.69, 9.17) is 11.6 Å². The van der Waals surface area contributed by atoms with E-state index in [1.165, 1.54) is 28.7 Å². The monoisotopic (exact) mass is 397 g/mol. The second kappa shape index (κ2) is 7.56. The molecule has 1 aromatic carbocycles. The van der Waals surface area contributed by atoms with Gasteiger partial charge < -0.3 is 0 Å². The van der Waals surface area contributed by atoms with Crippen LogP contribution in [0.15, 0.2) is 47.5 Å². The number of aromatic amines is 1. The molecule has 10 heteroatoms. The van der Waals surface area contributed by atoms with Crippen LogP contribution < -0.4 is 9.88 Å². The first-order valence-electron chi connectivity index (χ1n) is 8.05. The predicted molar refractivity (Wildman–Crippen MR) is 96.7 cm³/mol. The van der Waals surface area contributed by atoms with Crippen molar-refractivity contribution in [3.63, 3.8) is 0 Å². The number of nitro groups is 1. The van der Waals surface area contributed by atoms with E-state index in [1.54, 1.807) is 18.2 Å². The number of nitrogens with zero attached hydrogens (tertiary/aromatic N) is 3. The molecule has 8 nitrogen and oxygen atoms in total. The molecule has 1 N–H and O–H groups in total. The van der Waals surface area contributed by atoms with E-state index in [-0.39, 0.29) is 10.6 Å². The van der Waals surface area contributed by atoms with E-state index in [2.05, 4.69) is 4.98 Å². The first-order valence-corrected chi connectivity index (χ1v) is 9.86. The largest absolute Gasteiger partial charge is 0.308 e. The molecule has 3 rings (SSSR count). The van der Waals surface area contributed by atoms with Crippen LogP contribution >= 0.6 is 11.6 Å². The lowest BCUT2D eigenvalue weighted by molar-refractivity contribution is -0.414. The summed E-state index contributed by atoms with van der Waals surface area (Å²) in [7, 11) is -3.58. The second-order valence-electron chi connectivity index (χ2n) is 5.89. The molecular weight excluding hydrogens is 380 g/mol. The van der Waals surface area contributed by atoms with Crippen LogP contribution in [-0.2, 0) is 10.0 Å². The van der Waals surface area contributed by atoms with E-state index in [0.717, 1.165) is 5.82 Å². The van der Waals surface area contributed by atoms with Crippen LogP contribution in [0, 0.1) is 10.1 Å². The van der Waals surface area contributed by atoms with Crippen LogP contribution in [0.4, 0.5) is 11.5 Å². The maximum Gasteiger partial charge on any atom is 0.308 e. The molecule has 2 aromatic rings. The zero-order valence-electron chi connectivity index (χ0n) is 13.8. The van der Waals surface area contributed by atoms with Crippen LogP contribution in [0.1, 0.15) is 6.42 Å². The molecule has 1 aliphatic heterocycles. The SMILES string of the molecule is O=[N+]([O-])c1ccc(N2CCCN(S(=O)(=O)c3ccc(Cl)cc3)CC2)[nH+]c1. The van der Waals surface area contributed by atoms with Gasteiger partial charge in [0.15, 0.2) is 6.20 Å². The lowest BCUT2D eigenvalue weighted by Gasteiger charge is -2.19. The number of anilines is 1. The molecule has 0 unspecified atom stereocenters. The van der Waals surface area contributed by atoms with Crippen molar-refractivity contribution in [3.05, 3.63) is 57.7 Å². The maximum absolute atomic E-state index is 12.8. The number of aromatic nitrogens is 1. The number of nitrogens with one attached hydrogen (secondary N) is 1. The third-order valence-corrected chi connectivity index (χ3v) is 6.40. The van der Waals surface area contributed by atoms with E-state index < -0.39 is 14.9 Å². The quantitative estimate of drug-likeness (QED) is 0.580. The van der Waals surface area contributed by atoms with Crippen molar-refractivity contribution in [2.45, 2.75) is 11.3 Å². The minimum Gasteiger partial charge on any atom is -0.260 e. The van der Waals surface area contributed by atoms with Crippen molar-refractivity contribution in [2.75, 3.05) is 31.1 Å². The Balaban J connectivity index is 1.73. The number of halogens is 1. The summed E-state index contributed by atoms with van der Waals surface area (Å²) < 4.78 is 27.1. The Morgan fingerprint density at radius 3 is 2.38 bits per heavy atom. The number of hydrogen-bond donors (Lipinski definition) is 0. The summed E-state index contributed by atoms with van der Waals surface area (Å²) in [6, 6.07) is 9.20. The molecule has 138 valence electrons. The normalized spacial score (nSPS) is 16.3. The standard InChI is InChI=1S/C16H17ClN4O4S/c17-13-2-5-15(6-3-13)26(24,25)20-9-1-8-19(10-11-20)16-7-4-14(12-18-16)21(22)23/h2-7,12H,1,8-11H2/p+1. The third kappa shape index (κ3) is 3.95. The zero-order valence-corrected chi connectivity index (χ0v) is 15.4. The molecule has 1 saturated heterocycles. The molecule has 0 atom stereocenters. The van der Waals surface area contributed by atoms with Crippen molar-refractivity contribution >= 4 is 33.1 Å². The number of hydrogen-bond acceptors (Lipinski definition) is 5. The number of H-pyrrole nitrogens is 1. The second-order valence-corrected chi connectivity index (χ2v) is 8.26. The molecule has 1 aromatic heterocycles. The van der Waals surface area contributed by atoms with Crippen LogP contribution in [-0.4, -0.2) is 43.8 Å². The van der Waals surface area contributed by atoms with Crippen molar-refractivity contribution in [3.8, 4) is 0 Å². The Bertz CT molecular complexity index is 887. The van der Waals surface area contributed by atoms with Crippen LogP contribution in [0.25, 0.3) is 0 Å². The highest BCUT2D eigenvalue weighted by molar-refractivity contribution is 7.89. The molecule has 1 aliphatic rings. The third-order valence-electron chi connectivity index (χ3n) is 4.24. The van der Waals surface area contributed by atoms with E-state index in [0.29, 0.717) is 37.6 Å². The topological polar surface area (TPSA) is 97.9 Å². The average Bonchev–Trinajstić information content (AvgIpc) is 2.89. The molecule has 0 aliphatic carbocycles. The van der Waals surface area contributed by atoms with Gasteiger partial charge in [0.1, 0.15) is 0 Å². The Kier molecular flexibility index (Phi) is 5.40.